The number of nitrogens with zero attached hydrogens (tertiary/aromatic N) is 3. The molecule has 2 aliphatic heterocycles. The number of halogens is 3. The highest BCUT2D eigenvalue weighted by Gasteiger charge is 2.30. The lowest BCUT2D eigenvalue weighted by Crippen LogP contribution is -2.40. The molecule has 0 unspecified atom stereocenters. The lowest BCUT2D eigenvalue weighted by atomic mass is 10.1. The number of fused-ring (bicyclic) bond motifs is 1. The van der Waals surface area contributed by atoms with Crippen LogP contribution in [0.5, 0.6) is 5.75 Å². The second kappa shape index (κ2) is 16.4. The van der Waals surface area contributed by atoms with Crippen molar-refractivity contribution in [3.63, 3.8) is 0 Å². The fraction of sp³-hybridized carbons (Fsp3) is 0.469. The number of hydrogen-bond acceptors (Lipinski definition) is 8. The van der Waals surface area contributed by atoms with Crippen LogP contribution in [0.25, 0.3) is 10.9 Å². The van der Waals surface area contributed by atoms with Crippen molar-refractivity contribution in [3.8, 4) is 17.6 Å². The Morgan fingerprint density at radius 3 is 2.47 bits per heavy atom. The van der Waals surface area contributed by atoms with Crippen LogP contribution < -0.4 is 15.4 Å². The van der Waals surface area contributed by atoms with Gasteiger partial charge in [-0.3, -0.25) is 4.21 Å². The first-order valence-corrected chi connectivity index (χ1v) is 17.1. The minimum Gasteiger partial charge on any atom is -0.495 e. The number of nitrogens with one attached hydrogen (secondary N) is 2. The molecule has 3 aromatic rings. The van der Waals surface area contributed by atoms with Crippen LogP contribution in [0.3, 0.4) is 0 Å². The number of carbonyl (C=O) groups excluding carboxylic acids is 1. The average molecular weight is 664 g/mol. The van der Waals surface area contributed by atoms with E-state index in [0.29, 0.717) is 33.9 Å². The molecule has 0 bridgehead atoms. The van der Waals surface area contributed by atoms with Crippen LogP contribution in [0.1, 0.15) is 25.5 Å². The Bertz CT molecular complexity index is 1520. The predicted molar refractivity (Wildman–Crippen MR) is 178 cm³/mol. The van der Waals surface area contributed by atoms with E-state index in [1.807, 2.05) is 24.3 Å². The Hall–Kier alpha value is -3.18. The van der Waals surface area contributed by atoms with Crippen molar-refractivity contribution in [3.05, 3.63) is 48.2 Å². The summed E-state index contributed by atoms with van der Waals surface area (Å²) >= 11 is 1.71. The Morgan fingerprint density at radius 2 is 1.80 bits per heavy atom. The van der Waals surface area contributed by atoms with Gasteiger partial charge in [0.15, 0.2) is 0 Å². The third-order valence-corrected chi connectivity index (χ3v) is 9.95. The molecule has 2 N–H and O–H groups in total. The maximum Gasteiger partial charge on any atom is 0.406 e. The van der Waals surface area contributed by atoms with Crippen LogP contribution in [0.4, 0.5) is 24.5 Å². The molecule has 2 aromatic carbocycles. The summed E-state index contributed by atoms with van der Waals surface area (Å²) in [6, 6.07) is 13.1. The number of methoxy groups -OCH3 is 1. The van der Waals surface area contributed by atoms with Crippen molar-refractivity contribution in [2.24, 2.45) is 0 Å². The van der Waals surface area contributed by atoms with Gasteiger partial charge < -0.3 is 29.6 Å². The van der Waals surface area contributed by atoms with Crippen molar-refractivity contribution in [1.29, 1.82) is 0 Å². The van der Waals surface area contributed by atoms with Crippen LogP contribution >= 0.6 is 11.9 Å². The fourth-order valence-corrected chi connectivity index (χ4v) is 7.43. The summed E-state index contributed by atoms with van der Waals surface area (Å²) in [6.07, 6.45) is -2.11. The summed E-state index contributed by atoms with van der Waals surface area (Å²) in [7, 11) is 2.96. The minimum atomic E-state index is -4.39. The number of ether oxygens (including phenoxy) is 1. The summed E-state index contributed by atoms with van der Waals surface area (Å²) < 4.78 is 61.7. The molecule has 2 saturated heterocycles. The molecule has 0 radical (unpaired) electrons. The van der Waals surface area contributed by atoms with Gasteiger partial charge in [0.1, 0.15) is 18.6 Å². The first kappa shape index (κ1) is 34.7. The second-order valence-corrected chi connectivity index (χ2v) is 13.7. The van der Waals surface area contributed by atoms with Crippen LogP contribution in [0.2, 0.25) is 0 Å². The van der Waals surface area contributed by atoms with Gasteiger partial charge in [-0.05, 0) is 81.1 Å². The van der Waals surface area contributed by atoms with Gasteiger partial charge in [0, 0.05) is 70.5 Å². The molecule has 2 aliphatic rings. The number of aromatic nitrogens is 1. The molecular weight excluding hydrogens is 624 g/mol. The van der Waals surface area contributed by atoms with Gasteiger partial charge in [-0.15, -0.1) is 0 Å². The molecule has 3 heterocycles. The molecule has 0 aliphatic carbocycles. The minimum absolute atomic E-state index is 0.138. The Morgan fingerprint density at radius 1 is 1.09 bits per heavy atom. The van der Waals surface area contributed by atoms with E-state index in [-0.39, 0.29) is 12.6 Å². The molecule has 45 heavy (non-hydrogen) atoms. The first-order valence-electron chi connectivity index (χ1n) is 14.8. The highest BCUT2D eigenvalue weighted by molar-refractivity contribution is 7.97. The largest absolute Gasteiger partial charge is 0.495 e. The zero-order valence-electron chi connectivity index (χ0n) is 25.8. The maximum absolute atomic E-state index is 13.6. The van der Waals surface area contributed by atoms with Crippen molar-refractivity contribution >= 4 is 51.3 Å². The van der Waals surface area contributed by atoms with Gasteiger partial charge >= 0.3 is 6.18 Å². The van der Waals surface area contributed by atoms with E-state index in [0.717, 1.165) is 61.6 Å². The van der Waals surface area contributed by atoms with Crippen LogP contribution in [0, 0.1) is 11.8 Å². The number of piperazine rings is 1. The number of benzene rings is 2. The third kappa shape index (κ3) is 10.2. The number of anilines is 2. The van der Waals surface area contributed by atoms with Gasteiger partial charge in [-0.25, -0.2) is 4.31 Å². The Kier molecular flexibility index (Phi) is 12.6. The predicted octanol–water partition coefficient (Wildman–Crippen LogP) is 5.46. The smallest absolute Gasteiger partial charge is 0.406 e. The third-order valence-electron chi connectivity index (χ3n) is 7.48. The highest BCUT2D eigenvalue weighted by atomic mass is 32.2. The number of carbonyl (C=O) groups is 1. The molecule has 8 nitrogen and oxygen atoms in total. The van der Waals surface area contributed by atoms with Crippen molar-refractivity contribution < 1.29 is 26.9 Å². The summed E-state index contributed by atoms with van der Waals surface area (Å²) in [5.74, 6) is 7.92. The molecule has 5 rings (SSSR count). The van der Waals surface area contributed by atoms with Crippen molar-refractivity contribution in [1.82, 2.24) is 13.8 Å². The quantitative estimate of drug-likeness (QED) is 0.187. The number of rotatable bonds is 8. The number of alkyl halides is 3. The summed E-state index contributed by atoms with van der Waals surface area (Å²) in [4.78, 5) is 12.2. The number of aldehydes is 1. The summed E-state index contributed by atoms with van der Waals surface area (Å²) in [5, 5.41) is 7.41. The molecule has 244 valence electrons. The topological polar surface area (TPSA) is 78.8 Å². The average Bonchev–Trinajstić information content (AvgIpc) is 3.35. The lowest BCUT2D eigenvalue weighted by Gasteiger charge is -2.31. The van der Waals surface area contributed by atoms with E-state index >= 15 is 0 Å². The van der Waals surface area contributed by atoms with Crippen molar-refractivity contribution in [2.75, 3.05) is 69.0 Å². The monoisotopic (exact) mass is 663 g/mol. The number of hydrogen-bond donors (Lipinski definition) is 2. The number of likely N-dealkylation sites (N-methyl/N-ethyl adjacent to an activating group) is 1. The molecular formula is C32H40F3N5O3S2. The molecule has 2 fully saturated rings. The molecule has 1 aromatic heterocycles. The zero-order valence-corrected chi connectivity index (χ0v) is 27.4. The maximum atomic E-state index is 13.6. The SMILES string of the molecule is CC=O.COc1cc(SN2CCN(C)CC2)ccc1NCC#Cc1cc2c(NC3CCS(=O)CC3)cccc2n1CC(F)(F)F. The standard InChI is InChI=1S/C30H36F3N5O2S2.C2H4O/c1-36-13-15-37(16-14-36)41-24-8-9-27(29(20-24)40-2)34-12-4-5-23-19-25-26(35-22-10-17-42(39)18-11-22)6-3-7-28(25)38(23)21-30(31,32)33;1-2-3/h3,6-9,19-20,22,34-35H,10-18,21H2,1-2H3;2H,1H3. The van der Waals surface area contributed by atoms with Gasteiger partial charge in [0.05, 0.1) is 30.6 Å². The van der Waals surface area contributed by atoms with Gasteiger partial charge in [0.25, 0.3) is 0 Å². The second-order valence-electron chi connectivity index (χ2n) is 10.8. The molecule has 0 amide bonds. The van der Waals surface area contributed by atoms with E-state index in [9.17, 15) is 17.4 Å². The lowest BCUT2D eigenvalue weighted by molar-refractivity contribution is -0.140. The van der Waals surface area contributed by atoms with E-state index in [4.69, 9.17) is 9.53 Å². The summed E-state index contributed by atoms with van der Waals surface area (Å²) in [5.41, 5.74) is 2.31. The first-order chi connectivity index (χ1) is 21.6. The molecule has 0 saturated carbocycles. The van der Waals surface area contributed by atoms with E-state index in [2.05, 4.69) is 38.7 Å². The van der Waals surface area contributed by atoms with Crippen LogP contribution in [-0.4, -0.2) is 94.9 Å². The van der Waals surface area contributed by atoms with Gasteiger partial charge in [0.2, 0.25) is 0 Å². The zero-order chi connectivity index (χ0) is 32.4. The van der Waals surface area contributed by atoms with Crippen molar-refractivity contribution in [2.45, 2.75) is 43.4 Å². The van der Waals surface area contributed by atoms with Crippen LogP contribution in [-0.2, 0) is 22.1 Å². The molecule has 0 spiro atoms. The highest BCUT2D eigenvalue weighted by Crippen LogP contribution is 2.33. The molecule has 0 atom stereocenters. The Balaban J connectivity index is 0.00000148. The normalized spacial score (nSPS) is 19.2. The fourth-order valence-electron chi connectivity index (χ4n) is 5.20. The summed E-state index contributed by atoms with van der Waals surface area (Å²) in [6.45, 7) is 4.60. The molecule has 13 heteroatoms. The Labute approximate surface area is 269 Å². The van der Waals surface area contributed by atoms with Gasteiger partial charge in [-0.1, -0.05) is 12.0 Å². The van der Waals surface area contributed by atoms with E-state index in [1.54, 1.807) is 37.3 Å². The van der Waals surface area contributed by atoms with Crippen LogP contribution in [0.15, 0.2) is 47.4 Å². The van der Waals surface area contributed by atoms with E-state index in [1.165, 1.54) is 11.5 Å². The van der Waals surface area contributed by atoms with E-state index < -0.39 is 23.5 Å². The van der Waals surface area contributed by atoms with Gasteiger partial charge in [-0.2, -0.15) is 13.2 Å².